The Morgan fingerprint density at radius 2 is 2.14 bits per heavy atom. The molecule has 6 nitrogen and oxygen atoms in total. The van der Waals surface area contributed by atoms with Crippen molar-refractivity contribution in [3.8, 4) is 5.75 Å². The van der Waals surface area contributed by atoms with Crippen LogP contribution in [-0.4, -0.2) is 49.1 Å². The van der Waals surface area contributed by atoms with Gasteiger partial charge < -0.3 is 14.8 Å². The Bertz CT molecular complexity index is 619. The van der Waals surface area contributed by atoms with Crippen molar-refractivity contribution in [2.45, 2.75) is 4.34 Å². The number of carbonyl (C=O) groups excluding carboxylic acids is 1. The molecule has 0 radical (unpaired) electrons. The molecule has 0 aliphatic rings. The second-order valence-corrected chi connectivity index (χ2v) is 6.40. The predicted octanol–water partition coefficient (Wildman–Crippen LogP) is 2.58. The van der Waals surface area contributed by atoms with Crippen molar-refractivity contribution >= 4 is 34.0 Å². The molecule has 0 saturated heterocycles. The molecule has 8 heteroatoms. The van der Waals surface area contributed by atoms with Gasteiger partial charge in [0.1, 0.15) is 5.75 Å². The molecule has 22 heavy (non-hydrogen) atoms. The molecule has 0 saturated carbocycles. The molecule has 118 valence electrons. The van der Waals surface area contributed by atoms with Gasteiger partial charge in [0, 0.05) is 13.7 Å². The monoisotopic (exact) mass is 339 g/mol. The SMILES string of the molecule is COCCNc1nnc(SCC(=O)c2ccccc2OC)s1. The maximum Gasteiger partial charge on any atom is 0.206 e. The van der Waals surface area contributed by atoms with Crippen LogP contribution >= 0.6 is 23.1 Å². The highest BCUT2D eigenvalue weighted by Gasteiger charge is 2.13. The number of carbonyl (C=O) groups is 1. The van der Waals surface area contributed by atoms with Gasteiger partial charge in [-0.15, -0.1) is 10.2 Å². The molecule has 0 unspecified atom stereocenters. The molecule has 0 bridgehead atoms. The van der Waals surface area contributed by atoms with Crippen molar-refractivity contribution in [1.82, 2.24) is 10.2 Å². The van der Waals surface area contributed by atoms with E-state index in [2.05, 4.69) is 15.5 Å². The third-order valence-electron chi connectivity index (χ3n) is 2.72. The number of ketones is 1. The van der Waals surface area contributed by atoms with E-state index >= 15 is 0 Å². The molecule has 2 aromatic rings. The number of Topliss-reactive ketones (excluding diaryl/α,β-unsaturated/α-hetero) is 1. The van der Waals surface area contributed by atoms with Crippen LogP contribution in [0.5, 0.6) is 5.75 Å². The highest BCUT2D eigenvalue weighted by Crippen LogP contribution is 2.27. The molecule has 0 aliphatic carbocycles. The first-order chi connectivity index (χ1) is 10.7. The fraction of sp³-hybridized carbons (Fsp3) is 0.357. The summed E-state index contributed by atoms with van der Waals surface area (Å²) in [4.78, 5) is 12.2. The smallest absolute Gasteiger partial charge is 0.206 e. The largest absolute Gasteiger partial charge is 0.496 e. The molecule has 0 aliphatic heterocycles. The molecule has 0 atom stereocenters. The Kier molecular flexibility index (Phi) is 6.63. The van der Waals surface area contributed by atoms with E-state index in [0.29, 0.717) is 30.2 Å². The Morgan fingerprint density at radius 3 is 2.91 bits per heavy atom. The summed E-state index contributed by atoms with van der Waals surface area (Å²) >= 11 is 2.79. The van der Waals surface area contributed by atoms with Crippen molar-refractivity contribution in [2.75, 3.05) is 38.4 Å². The fourth-order valence-electron chi connectivity index (χ4n) is 1.68. The third kappa shape index (κ3) is 4.69. The van der Waals surface area contributed by atoms with Crippen LogP contribution in [0.3, 0.4) is 0 Å². The molecule has 1 aromatic carbocycles. The van der Waals surface area contributed by atoms with Gasteiger partial charge in [0.05, 0.1) is 25.0 Å². The normalized spacial score (nSPS) is 10.5. The number of rotatable bonds is 9. The van der Waals surface area contributed by atoms with Crippen LogP contribution in [0.4, 0.5) is 5.13 Å². The van der Waals surface area contributed by atoms with Crippen molar-refractivity contribution in [2.24, 2.45) is 0 Å². The van der Waals surface area contributed by atoms with E-state index in [-0.39, 0.29) is 5.78 Å². The lowest BCUT2D eigenvalue weighted by Crippen LogP contribution is -2.06. The molecule has 1 heterocycles. The highest BCUT2D eigenvalue weighted by molar-refractivity contribution is 8.01. The van der Waals surface area contributed by atoms with Crippen LogP contribution in [0.25, 0.3) is 0 Å². The van der Waals surface area contributed by atoms with Crippen molar-refractivity contribution in [3.63, 3.8) is 0 Å². The minimum absolute atomic E-state index is 0.00606. The number of ether oxygens (including phenoxy) is 2. The first-order valence-electron chi connectivity index (χ1n) is 6.60. The molecule has 1 aromatic heterocycles. The van der Waals surface area contributed by atoms with Crippen molar-refractivity contribution in [1.29, 1.82) is 0 Å². The van der Waals surface area contributed by atoms with Crippen molar-refractivity contribution in [3.05, 3.63) is 29.8 Å². The maximum atomic E-state index is 12.2. The van der Waals surface area contributed by atoms with E-state index in [9.17, 15) is 4.79 Å². The zero-order valence-electron chi connectivity index (χ0n) is 12.4. The second-order valence-electron chi connectivity index (χ2n) is 4.20. The number of anilines is 1. The lowest BCUT2D eigenvalue weighted by molar-refractivity contribution is 0.101. The van der Waals surface area contributed by atoms with E-state index in [1.807, 2.05) is 12.1 Å². The summed E-state index contributed by atoms with van der Waals surface area (Å²) in [5.41, 5.74) is 0.584. The molecular weight excluding hydrogens is 322 g/mol. The summed E-state index contributed by atoms with van der Waals surface area (Å²) in [5.74, 6) is 0.895. The number of methoxy groups -OCH3 is 2. The predicted molar refractivity (Wildman–Crippen MR) is 88.3 cm³/mol. The Labute approximate surface area is 137 Å². The quantitative estimate of drug-likeness (QED) is 0.427. The van der Waals surface area contributed by atoms with Gasteiger partial charge in [-0.1, -0.05) is 35.2 Å². The molecular formula is C14H17N3O3S2. The molecule has 0 fully saturated rings. The standard InChI is InChI=1S/C14H17N3O3S2/c1-19-8-7-15-13-16-17-14(22-13)21-9-11(18)10-5-3-4-6-12(10)20-2/h3-6H,7-9H2,1-2H3,(H,15,16). The van der Waals surface area contributed by atoms with Gasteiger partial charge in [-0.25, -0.2) is 0 Å². The van der Waals surface area contributed by atoms with Crippen LogP contribution in [0, 0.1) is 0 Å². The minimum atomic E-state index is 0.00606. The van der Waals surface area contributed by atoms with Gasteiger partial charge in [0.15, 0.2) is 10.1 Å². The van der Waals surface area contributed by atoms with E-state index in [0.717, 1.165) is 9.47 Å². The third-order valence-corrected chi connectivity index (χ3v) is 4.74. The average Bonchev–Trinajstić information content (AvgIpc) is 3.00. The molecule has 1 N–H and O–H groups in total. The van der Waals surface area contributed by atoms with Crippen LogP contribution in [0.15, 0.2) is 28.6 Å². The number of aromatic nitrogens is 2. The van der Waals surface area contributed by atoms with Crippen LogP contribution < -0.4 is 10.1 Å². The summed E-state index contributed by atoms with van der Waals surface area (Å²) in [6, 6.07) is 7.20. The zero-order valence-corrected chi connectivity index (χ0v) is 14.0. The zero-order chi connectivity index (χ0) is 15.8. The Morgan fingerprint density at radius 1 is 1.32 bits per heavy atom. The van der Waals surface area contributed by atoms with Gasteiger partial charge in [0.25, 0.3) is 0 Å². The topological polar surface area (TPSA) is 73.3 Å². The average molecular weight is 339 g/mol. The molecule has 0 spiro atoms. The number of hydrogen-bond acceptors (Lipinski definition) is 8. The minimum Gasteiger partial charge on any atom is -0.496 e. The van der Waals surface area contributed by atoms with E-state index in [1.165, 1.54) is 23.1 Å². The van der Waals surface area contributed by atoms with Gasteiger partial charge in [-0.2, -0.15) is 0 Å². The first kappa shape index (κ1) is 16.7. The Hall–Kier alpha value is -1.64. The number of nitrogens with zero attached hydrogens (tertiary/aromatic N) is 2. The summed E-state index contributed by atoms with van der Waals surface area (Å²) < 4.78 is 10.9. The van der Waals surface area contributed by atoms with Gasteiger partial charge in [-0.3, -0.25) is 4.79 Å². The summed E-state index contributed by atoms with van der Waals surface area (Å²) in [6.07, 6.45) is 0. The fourth-order valence-corrected chi connectivity index (χ4v) is 3.34. The van der Waals surface area contributed by atoms with Crippen molar-refractivity contribution < 1.29 is 14.3 Å². The number of thioether (sulfide) groups is 1. The molecule has 2 rings (SSSR count). The van der Waals surface area contributed by atoms with Gasteiger partial charge in [0.2, 0.25) is 5.13 Å². The number of benzene rings is 1. The molecule has 0 amide bonds. The van der Waals surface area contributed by atoms with Crippen LogP contribution in [0.1, 0.15) is 10.4 Å². The van der Waals surface area contributed by atoms with Gasteiger partial charge in [-0.05, 0) is 12.1 Å². The number of para-hydroxylation sites is 1. The van der Waals surface area contributed by atoms with Crippen LogP contribution in [-0.2, 0) is 4.74 Å². The van der Waals surface area contributed by atoms with Crippen LogP contribution in [0.2, 0.25) is 0 Å². The second kappa shape index (κ2) is 8.72. The van der Waals surface area contributed by atoms with Gasteiger partial charge >= 0.3 is 0 Å². The number of nitrogens with one attached hydrogen (secondary N) is 1. The lowest BCUT2D eigenvalue weighted by Gasteiger charge is -2.05. The van der Waals surface area contributed by atoms with E-state index < -0.39 is 0 Å². The lowest BCUT2D eigenvalue weighted by atomic mass is 10.1. The number of hydrogen-bond donors (Lipinski definition) is 1. The highest BCUT2D eigenvalue weighted by atomic mass is 32.2. The first-order valence-corrected chi connectivity index (χ1v) is 8.40. The summed E-state index contributed by atoms with van der Waals surface area (Å²) in [6.45, 7) is 1.28. The maximum absolute atomic E-state index is 12.2. The summed E-state index contributed by atoms with van der Waals surface area (Å²) in [5, 5.41) is 11.9. The van der Waals surface area contributed by atoms with E-state index in [1.54, 1.807) is 26.4 Å². The van der Waals surface area contributed by atoms with E-state index in [4.69, 9.17) is 9.47 Å². The summed E-state index contributed by atoms with van der Waals surface area (Å²) in [7, 11) is 3.20. The Balaban J connectivity index is 1.88.